The summed E-state index contributed by atoms with van der Waals surface area (Å²) in [7, 11) is 0. The van der Waals surface area contributed by atoms with Crippen molar-refractivity contribution in [2.24, 2.45) is 0 Å². The van der Waals surface area contributed by atoms with E-state index in [1.807, 2.05) is 18.7 Å². The van der Waals surface area contributed by atoms with E-state index in [0.717, 1.165) is 11.4 Å². The molecule has 0 aliphatic rings. The van der Waals surface area contributed by atoms with E-state index in [4.69, 9.17) is 4.42 Å². The third kappa shape index (κ3) is 4.27. The molecular weight excluding hydrogens is 270 g/mol. The number of nitrogens with one attached hydrogen (secondary N) is 1. The van der Waals surface area contributed by atoms with Gasteiger partial charge < -0.3 is 9.73 Å². The molecule has 0 bridgehead atoms. The minimum Gasteiger partial charge on any atom is -0.423 e. The summed E-state index contributed by atoms with van der Waals surface area (Å²) in [6.45, 7) is 8.25. The number of hydrogen-bond donors (Lipinski definition) is 1. The maximum atomic E-state index is 5.44. The standard InChI is InChI=1S/C15H21N3OS/c1-10(2)20-9-13-6-5-7-14(8-13)16-11(3)15-18-17-12(4)19-15/h5-8,10-11,16H,9H2,1-4H3/t11-/m0/s1. The van der Waals surface area contributed by atoms with Crippen LogP contribution in [-0.2, 0) is 5.75 Å². The number of nitrogens with zero attached hydrogens (tertiary/aromatic N) is 2. The Hall–Kier alpha value is -1.49. The minimum atomic E-state index is 0.00389. The first-order valence-corrected chi connectivity index (χ1v) is 7.86. The molecule has 1 N–H and O–H groups in total. The van der Waals surface area contributed by atoms with E-state index in [1.54, 1.807) is 6.92 Å². The zero-order valence-electron chi connectivity index (χ0n) is 12.4. The van der Waals surface area contributed by atoms with Gasteiger partial charge in [-0.2, -0.15) is 11.8 Å². The molecule has 0 aliphatic carbocycles. The average molecular weight is 291 g/mol. The van der Waals surface area contributed by atoms with Crippen molar-refractivity contribution in [2.45, 2.75) is 44.7 Å². The van der Waals surface area contributed by atoms with Crippen LogP contribution in [0.3, 0.4) is 0 Å². The summed E-state index contributed by atoms with van der Waals surface area (Å²) in [5.41, 5.74) is 2.40. The van der Waals surface area contributed by atoms with Crippen molar-refractivity contribution in [2.75, 3.05) is 5.32 Å². The lowest BCUT2D eigenvalue weighted by atomic mass is 10.2. The van der Waals surface area contributed by atoms with Gasteiger partial charge in [0.1, 0.15) is 6.04 Å². The van der Waals surface area contributed by atoms with E-state index >= 15 is 0 Å². The number of rotatable bonds is 6. The van der Waals surface area contributed by atoms with Gasteiger partial charge in [0.2, 0.25) is 11.8 Å². The first kappa shape index (κ1) is 14.9. The van der Waals surface area contributed by atoms with Crippen molar-refractivity contribution in [3.63, 3.8) is 0 Å². The van der Waals surface area contributed by atoms with Crippen LogP contribution in [-0.4, -0.2) is 15.4 Å². The second kappa shape index (κ2) is 6.79. The van der Waals surface area contributed by atoms with Crippen LogP contribution in [0.15, 0.2) is 28.7 Å². The Labute approximate surface area is 124 Å². The van der Waals surface area contributed by atoms with Gasteiger partial charge in [-0.15, -0.1) is 10.2 Å². The Balaban J connectivity index is 2.00. The third-order valence-electron chi connectivity index (χ3n) is 2.81. The van der Waals surface area contributed by atoms with Gasteiger partial charge in [-0.3, -0.25) is 0 Å². The molecule has 20 heavy (non-hydrogen) atoms. The van der Waals surface area contributed by atoms with Crippen molar-refractivity contribution in [3.05, 3.63) is 41.6 Å². The van der Waals surface area contributed by atoms with Crippen molar-refractivity contribution >= 4 is 17.4 Å². The van der Waals surface area contributed by atoms with Gasteiger partial charge in [-0.05, 0) is 29.9 Å². The normalized spacial score (nSPS) is 12.7. The van der Waals surface area contributed by atoms with E-state index in [-0.39, 0.29) is 6.04 Å². The smallest absolute Gasteiger partial charge is 0.238 e. The minimum absolute atomic E-state index is 0.00389. The molecule has 0 radical (unpaired) electrons. The van der Waals surface area contributed by atoms with Crippen LogP contribution in [0.4, 0.5) is 5.69 Å². The zero-order valence-corrected chi connectivity index (χ0v) is 13.2. The molecular formula is C15H21N3OS. The molecule has 4 nitrogen and oxygen atoms in total. The largest absolute Gasteiger partial charge is 0.423 e. The van der Waals surface area contributed by atoms with E-state index in [9.17, 15) is 0 Å². The second-order valence-corrected chi connectivity index (χ2v) is 6.65. The summed E-state index contributed by atoms with van der Waals surface area (Å²) < 4.78 is 5.44. The number of hydrogen-bond acceptors (Lipinski definition) is 5. The highest BCUT2D eigenvalue weighted by atomic mass is 32.2. The fourth-order valence-corrected chi connectivity index (χ4v) is 2.52. The predicted octanol–water partition coefficient (Wildman–Crippen LogP) is 4.19. The number of benzene rings is 1. The lowest BCUT2D eigenvalue weighted by Gasteiger charge is -2.13. The molecule has 1 aromatic carbocycles. The molecule has 0 spiro atoms. The molecule has 1 aromatic heterocycles. The van der Waals surface area contributed by atoms with Gasteiger partial charge in [0.25, 0.3) is 0 Å². The topological polar surface area (TPSA) is 51.0 Å². The molecule has 0 fully saturated rings. The highest BCUT2D eigenvalue weighted by Crippen LogP contribution is 2.22. The monoisotopic (exact) mass is 291 g/mol. The van der Waals surface area contributed by atoms with Gasteiger partial charge in [-0.1, -0.05) is 26.0 Å². The van der Waals surface area contributed by atoms with E-state index < -0.39 is 0 Å². The first-order chi connectivity index (χ1) is 9.54. The Kier molecular flexibility index (Phi) is 5.06. The molecule has 0 unspecified atom stereocenters. The number of aromatic nitrogens is 2. The molecule has 0 aliphatic heterocycles. The summed E-state index contributed by atoms with van der Waals surface area (Å²) in [4.78, 5) is 0. The van der Waals surface area contributed by atoms with Gasteiger partial charge in [0.15, 0.2) is 0 Å². The van der Waals surface area contributed by atoms with Crippen LogP contribution >= 0.6 is 11.8 Å². The summed E-state index contributed by atoms with van der Waals surface area (Å²) in [6.07, 6.45) is 0. The first-order valence-electron chi connectivity index (χ1n) is 6.81. The molecule has 2 rings (SSSR count). The van der Waals surface area contributed by atoms with Crippen molar-refractivity contribution in [1.82, 2.24) is 10.2 Å². The van der Waals surface area contributed by atoms with E-state index in [2.05, 4.69) is 53.6 Å². The quantitative estimate of drug-likeness (QED) is 0.864. The summed E-state index contributed by atoms with van der Waals surface area (Å²) >= 11 is 1.94. The molecule has 5 heteroatoms. The SMILES string of the molecule is Cc1nnc([C@H](C)Nc2cccc(CSC(C)C)c2)o1. The van der Waals surface area contributed by atoms with Crippen LogP contribution in [0.2, 0.25) is 0 Å². The lowest BCUT2D eigenvalue weighted by molar-refractivity contribution is 0.451. The second-order valence-electron chi connectivity index (χ2n) is 5.09. The van der Waals surface area contributed by atoms with Gasteiger partial charge in [-0.25, -0.2) is 0 Å². The van der Waals surface area contributed by atoms with E-state index in [1.165, 1.54) is 5.56 Å². The van der Waals surface area contributed by atoms with Crippen LogP contribution in [0.25, 0.3) is 0 Å². The van der Waals surface area contributed by atoms with Crippen LogP contribution in [0.1, 0.15) is 44.2 Å². The van der Waals surface area contributed by atoms with Crippen molar-refractivity contribution in [1.29, 1.82) is 0 Å². The van der Waals surface area contributed by atoms with Gasteiger partial charge >= 0.3 is 0 Å². The number of aryl methyl sites for hydroxylation is 1. The fourth-order valence-electron chi connectivity index (χ4n) is 1.81. The van der Waals surface area contributed by atoms with Crippen LogP contribution in [0.5, 0.6) is 0 Å². The summed E-state index contributed by atoms with van der Waals surface area (Å²) in [5, 5.41) is 11.9. The Morgan fingerprint density at radius 3 is 2.70 bits per heavy atom. The summed E-state index contributed by atoms with van der Waals surface area (Å²) in [5.74, 6) is 2.24. The highest BCUT2D eigenvalue weighted by molar-refractivity contribution is 7.99. The molecule has 108 valence electrons. The Morgan fingerprint density at radius 2 is 2.05 bits per heavy atom. The zero-order chi connectivity index (χ0) is 14.5. The van der Waals surface area contributed by atoms with Crippen molar-refractivity contribution < 1.29 is 4.42 Å². The molecule has 1 atom stereocenters. The molecule has 0 saturated heterocycles. The maximum absolute atomic E-state index is 5.44. The van der Waals surface area contributed by atoms with Crippen LogP contribution < -0.4 is 5.32 Å². The van der Waals surface area contributed by atoms with Gasteiger partial charge in [0.05, 0.1) is 0 Å². The average Bonchev–Trinajstić information content (AvgIpc) is 2.84. The maximum Gasteiger partial charge on any atom is 0.238 e. The molecule has 2 aromatic rings. The van der Waals surface area contributed by atoms with E-state index in [0.29, 0.717) is 17.0 Å². The molecule has 0 amide bonds. The Morgan fingerprint density at radius 1 is 1.25 bits per heavy atom. The van der Waals surface area contributed by atoms with Gasteiger partial charge in [0, 0.05) is 18.4 Å². The fraction of sp³-hybridized carbons (Fsp3) is 0.467. The summed E-state index contributed by atoms with van der Waals surface area (Å²) in [6, 6.07) is 8.47. The van der Waals surface area contributed by atoms with Crippen molar-refractivity contribution in [3.8, 4) is 0 Å². The Bertz CT molecular complexity index is 554. The molecule has 1 heterocycles. The number of anilines is 1. The number of thioether (sulfide) groups is 1. The lowest BCUT2D eigenvalue weighted by Crippen LogP contribution is -2.07. The highest BCUT2D eigenvalue weighted by Gasteiger charge is 2.12. The van der Waals surface area contributed by atoms with Crippen LogP contribution in [0, 0.1) is 6.92 Å². The third-order valence-corrected chi connectivity index (χ3v) is 3.97. The molecule has 0 saturated carbocycles. The predicted molar refractivity (Wildman–Crippen MR) is 83.9 cm³/mol.